The second-order valence-corrected chi connectivity index (χ2v) is 33.5. The molecule has 584 valence electrons. The van der Waals surface area contributed by atoms with Crippen LogP contribution in [-0.2, 0) is 62.3 Å². The molecule has 6 aromatic rings. The van der Waals surface area contributed by atoms with Crippen molar-refractivity contribution in [3.05, 3.63) is 157 Å². The van der Waals surface area contributed by atoms with Gasteiger partial charge in [-0.2, -0.15) is 127 Å². The number of alkyl halides is 24. The van der Waals surface area contributed by atoms with Crippen LogP contribution in [0.2, 0.25) is 0 Å². The highest BCUT2D eigenvalue weighted by Gasteiger charge is 2.47. The minimum atomic E-state index is -6.13. The first kappa shape index (κ1) is 90.0. The maximum absolute atomic E-state index is 14.2. The number of hydrogen-bond acceptors (Lipinski definition) is 2. The summed E-state index contributed by atoms with van der Waals surface area (Å²) in [5, 5.41) is 0. The van der Waals surface area contributed by atoms with Gasteiger partial charge in [-0.25, -0.2) is 0 Å². The molecular weight excluding hydrogens is 1570 g/mol. The molecule has 0 bridgehead atoms. The van der Waals surface area contributed by atoms with Crippen LogP contribution in [0.3, 0.4) is 0 Å². The van der Waals surface area contributed by atoms with Crippen LogP contribution in [0.15, 0.2) is 97.1 Å². The smallest absolute Gasteiger partial charge is 0.194 e. The van der Waals surface area contributed by atoms with E-state index in [0.717, 1.165) is 0 Å². The normalized spacial score (nSPS) is 13.1. The largest absolute Gasteiger partial charge is 0.416 e. The van der Waals surface area contributed by atoms with Crippen molar-refractivity contribution in [2.45, 2.75) is 282 Å². The van der Waals surface area contributed by atoms with Crippen LogP contribution in [0, 0.1) is 5.77 Å². The summed E-state index contributed by atoms with van der Waals surface area (Å²) in [7, 11) is 0. The number of aryl methyl sites for hydroxylation is 2. The maximum atomic E-state index is 14.2. The van der Waals surface area contributed by atoms with Crippen LogP contribution in [0.1, 0.15) is 274 Å². The second-order valence-electron chi connectivity index (χ2n) is 26.8. The summed E-state index contributed by atoms with van der Waals surface area (Å²) in [4.78, 5) is 3.27. The summed E-state index contributed by atoms with van der Waals surface area (Å²) in [6, 6.07) is 0.977. The monoisotopic (exact) mass is 1660 g/mol. The third-order valence-electron chi connectivity index (χ3n) is 18.4. The molecule has 0 nitrogen and oxygen atoms in total. The van der Waals surface area contributed by atoms with Crippen LogP contribution < -0.4 is 43.1 Å². The fourth-order valence-electron chi connectivity index (χ4n) is 12.9. The maximum Gasteiger partial charge on any atom is 0.416 e. The molecule has 0 aliphatic rings. The molecule has 0 N–H and O–H groups in total. The van der Waals surface area contributed by atoms with Gasteiger partial charge in [0.1, 0.15) is 6.15 Å². The lowest BCUT2D eigenvalue weighted by Crippen LogP contribution is -3.61. The van der Waals surface area contributed by atoms with Crippen LogP contribution >= 0.6 is 22.7 Å². The summed E-state index contributed by atoms with van der Waals surface area (Å²) in [5.74, 6) is 0. The van der Waals surface area contributed by atoms with E-state index >= 15 is 0 Å². The molecule has 0 amide bonds. The van der Waals surface area contributed by atoms with Crippen molar-refractivity contribution in [2.75, 3.05) is 0 Å². The molecule has 0 aliphatic heterocycles. The molecule has 0 saturated heterocycles. The molecular formula is C76H90BF24IS2. The Labute approximate surface area is 612 Å². The molecule has 0 fully saturated rings. The van der Waals surface area contributed by atoms with Crippen molar-refractivity contribution in [3.63, 3.8) is 0 Å². The van der Waals surface area contributed by atoms with Gasteiger partial charge in [-0.1, -0.05) is 278 Å². The van der Waals surface area contributed by atoms with Gasteiger partial charge in [-0.15, -0.1) is 0 Å². The SMILES string of the molecule is CCCCCCCCCCCCCCCCCCc1ccc([I+]c2ccc(CCCCCCCCCCCCCCCCCC)s2)s1.FC(F)(F)c1cc([B-](c2cc(C(F)(F)F)cc(C(F)(F)F)c2)(c2cc(C(F)(F)F)cc(C(F)(F)F)c2)c2cc(C(F)(F)F)cc(C(F)(F)F)c2)cc(C(F)(F)F)c1. The fraction of sp³-hybridized carbons (Fsp3) is 0.579. The average Bonchev–Trinajstić information content (AvgIpc) is 0.760. The van der Waals surface area contributed by atoms with Gasteiger partial charge >= 0.3 is 70.6 Å². The highest BCUT2D eigenvalue weighted by molar-refractivity contribution is 7.20. The third-order valence-corrected chi connectivity index (χ3v) is 24.4. The zero-order valence-electron chi connectivity index (χ0n) is 58.1. The van der Waals surface area contributed by atoms with E-state index in [9.17, 15) is 105 Å². The zero-order chi connectivity index (χ0) is 77.2. The summed E-state index contributed by atoms with van der Waals surface area (Å²) in [6.07, 6.45) is -5.70. The van der Waals surface area contributed by atoms with Crippen molar-refractivity contribution in [2.24, 2.45) is 0 Å². The van der Waals surface area contributed by atoms with Gasteiger partial charge in [-0.3, -0.25) is 0 Å². The molecule has 4 aromatic carbocycles. The van der Waals surface area contributed by atoms with Gasteiger partial charge in [0.25, 0.3) is 0 Å². The Kier molecular flexibility index (Phi) is 35.7. The summed E-state index contributed by atoms with van der Waals surface area (Å²) in [6.45, 7) is 4.62. The lowest BCUT2D eigenvalue weighted by molar-refractivity contribution is -0.585. The van der Waals surface area contributed by atoms with Gasteiger partial charge in [0.05, 0.1) is 44.5 Å². The van der Waals surface area contributed by atoms with E-state index in [2.05, 4.69) is 60.8 Å². The van der Waals surface area contributed by atoms with E-state index in [4.69, 9.17) is 0 Å². The van der Waals surface area contributed by atoms with Crippen molar-refractivity contribution >= 4 is 50.7 Å². The first-order chi connectivity index (χ1) is 48.6. The van der Waals surface area contributed by atoms with Crippen molar-refractivity contribution in [3.8, 4) is 0 Å². The summed E-state index contributed by atoms with van der Waals surface area (Å²) >= 11 is 4.27. The number of rotatable bonds is 40. The average molecular weight is 1660 g/mol. The quantitative estimate of drug-likeness (QED) is 0.0156. The molecule has 0 unspecified atom stereocenters. The fourth-order valence-corrected chi connectivity index (χ4v) is 19.6. The Morgan fingerprint density at radius 3 is 0.558 bits per heavy atom. The van der Waals surface area contributed by atoms with E-state index in [1.54, 1.807) is 15.5 Å². The Balaban J connectivity index is 0.000000381. The molecule has 0 saturated carbocycles. The predicted octanol–water partition coefficient (Wildman–Crippen LogP) is 24.8. The molecule has 6 rings (SSSR count). The van der Waals surface area contributed by atoms with Crippen molar-refractivity contribution in [1.82, 2.24) is 0 Å². The first-order valence-electron chi connectivity index (χ1n) is 35.8. The first-order valence-corrected chi connectivity index (χ1v) is 39.5. The Hall–Kier alpha value is -4.61. The Morgan fingerprint density at radius 1 is 0.231 bits per heavy atom. The highest BCUT2D eigenvalue weighted by Crippen LogP contribution is 2.42. The lowest BCUT2D eigenvalue weighted by Gasteiger charge is -2.46. The van der Waals surface area contributed by atoms with Crippen molar-refractivity contribution in [1.29, 1.82) is 0 Å². The Bertz CT molecular complexity index is 2960. The van der Waals surface area contributed by atoms with Crippen LogP contribution in [0.5, 0.6) is 0 Å². The second kappa shape index (κ2) is 41.3. The highest BCUT2D eigenvalue weighted by atomic mass is 127. The van der Waals surface area contributed by atoms with E-state index < -0.39 is 195 Å². The number of unbranched alkanes of at least 4 members (excludes halogenated alkanes) is 30. The molecule has 0 atom stereocenters. The number of hydrogen-bond donors (Lipinski definition) is 0. The van der Waals surface area contributed by atoms with E-state index in [1.807, 2.05) is 0 Å². The standard InChI is InChI=1S/C44H78IS2.C32H12BF24/c1-3-5-7-9-11-13-15-17-19-21-23-25-27-29-31-33-35-41-37-39-43(46-41)45-44-40-38-42(47-44)36-34-32-30-28-26-24-22-20-18-16-14-12-10-8-6-4-2;34-25(35,36)13-1-14(26(37,38)39)6-21(5-13)33(22-7-15(27(40,41)42)2-16(8-22)28(43,44)45,23-9-17(29(46,47)48)3-18(10-23)30(49,50)51)24-11-19(31(52,53)54)4-20(12-24)32(55,56)57/h37-40H,3-36H2,1-2H3;1-12H/q+1;-1. The van der Waals surface area contributed by atoms with Gasteiger partial charge in [0.15, 0.2) is 0 Å². The third kappa shape index (κ3) is 30.1. The summed E-state index contributed by atoms with van der Waals surface area (Å²) < 4.78 is 344. The lowest BCUT2D eigenvalue weighted by atomic mass is 9.12. The number of thiophene rings is 2. The minimum Gasteiger partial charge on any atom is -0.194 e. The molecule has 0 aliphatic carbocycles. The van der Waals surface area contributed by atoms with Crippen LogP contribution in [0.25, 0.3) is 0 Å². The van der Waals surface area contributed by atoms with E-state index in [0.29, 0.717) is 0 Å². The van der Waals surface area contributed by atoms with Crippen LogP contribution in [0.4, 0.5) is 105 Å². The van der Waals surface area contributed by atoms with Gasteiger partial charge in [0, 0.05) is 21.9 Å². The van der Waals surface area contributed by atoms with Crippen LogP contribution in [-0.4, -0.2) is 6.15 Å². The molecule has 0 spiro atoms. The van der Waals surface area contributed by atoms with Gasteiger partial charge < -0.3 is 0 Å². The minimum absolute atomic E-state index is 0.0249. The van der Waals surface area contributed by atoms with Gasteiger partial charge in [0.2, 0.25) is 5.77 Å². The molecule has 2 heterocycles. The number of benzene rings is 4. The number of halogens is 25. The predicted molar refractivity (Wildman–Crippen MR) is 363 cm³/mol. The molecule has 2 aromatic heterocycles. The zero-order valence-corrected chi connectivity index (χ0v) is 61.9. The van der Waals surface area contributed by atoms with E-state index in [1.165, 1.54) is 218 Å². The Morgan fingerprint density at radius 2 is 0.394 bits per heavy atom. The summed E-state index contributed by atoms with van der Waals surface area (Å²) in [5.41, 5.74) is -30.2. The topological polar surface area (TPSA) is 0 Å². The van der Waals surface area contributed by atoms with Crippen molar-refractivity contribution < 1.29 is 127 Å². The molecule has 28 heteroatoms. The van der Waals surface area contributed by atoms with Gasteiger partial charge in [-0.05, 0) is 62.1 Å². The molecule has 0 radical (unpaired) electrons. The van der Waals surface area contributed by atoms with E-state index in [-0.39, 0.29) is 21.2 Å². The molecule has 104 heavy (non-hydrogen) atoms.